The second-order valence-electron chi connectivity index (χ2n) is 24.5. The van der Waals surface area contributed by atoms with Crippen molar-refractivity contribution in [2.75, 3.05) is 14.2 Å². The van der Waals surface area contributed by atoms with E-state index in [1.807, 2.05) is 19.8 Å². The Kier molecular flexibility index (Phi) is 3.27. The summed E-state index contributed by atoms with van der Waals surface area (Å²) in [5.74, 6) is 6.51. The van der Waals surface area contributed by atoms with Gasteiger partial charge in [0.1, 0.15) is 0 Å². The van der Waals surface area contributed by atoms with Crippen molar-refractivity contribution >= 4 is 31.8 Å². The van der Waals surface area contributed by atoms with E-state index >= 15 is 0 Å². The van der Waals surface area contributed by atoms with Gasteiger partial charge in [-0.3, -0.25) is 0 Å². The van der Waals surface area contributed by atoms with Gasteiger partial charge >= 0.3 is 324 Å². The van der Waals surface area contributed by atoms with Crippen molar-refractivity contribution in [3.63, 3.8) is 0 Å². The zero-order chi connectivity index (χ0) is 36.6. The van der Waals surface area contributed by atoms with Gasteiger partial charge in [-0.25, -0.2) is 0 Å². The minimum absolute atomic E-state index is 0.0894. The minimum atomic E-state index is -3.96. The molecule has 12 atom stereocenters. The molecule has 10 heterocycles. The summed E-state index contributed by atoms with van der Waals surface area (Å²) in [4.78, 5) is 10.5. The number of fused-ring (bicyclic) bond motifs is 14. The molecule has 12 unspecified atom stereocenters. The average molecular weight is 811 g/mol. The van der Waals surface area contributed by atoms with Crippen molar-refractivity contribution in [1.29, 1.82) is 0 Å². The Morgan fingerprint density at radius 3 is 1.53 bits per heavy atom. The molecule has 2 nitrogen and oxygen atoms in total. The fraction of sp³-hybridized carbons (Fsp3) is 0.640. The van der Waals surface area contributed by atoms with Crippen molar-refractivity contribution in [3.8, 4) is 11.5 Å². The number of rotatable bonds is 10. The topological polar surface area (TPSA) is 18.5 Å². The van der Waals surface area contributed by atoms with Crippen LogP contribution in [0.2, 0.25) is 42.8 Å². The number of methoxy groups -OCH3 is 2. The number of hydrogen-bond donors (Lipinski definition) is 0. The van der Waals surface area contributed by atoms with Crippen molar-refractivity contribution in [3.05, 3.63) is 76.3 Å². The zero-order valence-electron chi connectivity index (χ0n) is 34.0. The van der Waals surface area contributed by atoms with Crippen LogP contribution in [-0.2, 0) is 10.8 Å². The van der Waals surface area contributed by atoms with Crippen LogP contribution in [0, 0.1) is 51.4 Å². The summed E-state index contributed by atoms with van der Waals surface area (Å²) in [7, 11) is 3.05. The van der Waals surface area contributed by atoms with Crippen molar-refractivity contribution in [2.45, 2.75) is 150 Å². The monoisotopic (exact) mass is 810 g/mol. The number of aryl methyl sites for hydroxylation is 4. The van der Waals surface area contributed by atoms with E-state index in [2.05, 4.69) is 83.1 Å². The molecule has 10 aliphatic heterocycles. The van der Waals surface area contributed by atoms with Gasteiger partial charge in [0.2, 0.25) is 0 Å². The van der Waals surface area contributed by atoms with Crippen molar-refractivity contribution in [2.24, 2.45) is 23.7 Å². The third-order valence-electron chi connectivity index (χ3n) is 27.6. The molecular weight excluding hydrogens is 750 g/mol. The number of hydrogen-bond acceptors (Lipinski definition) is 2. The fourth-order valence-corrected chi connectivity index (χ4v) is 117. The van der Waals surface area contributed by atoms with Gasteiger partial charge in [0.25, 0.3) is 0 Å². The Labute approximate surface area is 321 Å². The molecule has 5 heteroatoms. The summed E-state index contributed by atoms with van der Waals surface area (Å²) in [6.45, 7) is 8.25. The van der Waals surface area contributed by atoms with Crippen LogP contribution in [0.5, 0.6) is 11.5 Å². The molecule has 4 saturated carbocycles. The van der Waals surface area contributed by atoms with Crippen LogP contribution in [0.3, 0.4) is 0 Å². The van der Waals surface area contributed by atoms with Crippen LogP contribution >= 0.6 is 15.8 Å². The molecule has 1 spiro atoms. The molecule has 290 valence electrons. The Bertz CT molecular complexity index is 2650. The van der Waals surface area contributed by atoms with E-state index in [-0.39, 0.29) is 7.92 Å². The van der Waals surface area contributed by atoms with Gasteiger partial charge in [0, 0.05) is 0 Å². The Morgan fingerprint density at radius 1 is 0.636 bits per heavy atom. The summed E-state index contributed by atoms with van der Waals surface area (Å²) < 4.78 is 13.5. The predicted octanol–water partition coefficient (Wildman–Crippen LogP) is 12.1. The van der Waals surface area contributed by atoms with Crippen LogP contribution in [0.4, 0.5) is 0 Å². The maximum absolute atomic E-state index is 6.00. The van der Waals surface area contributed by atoms with E-state index in [9.17, 15) is 0 Å². The molecule has 17 rings (SSSR count). The molecular formula is C50H60FeO2P2. The molecule has 0 amide bonds. The first kappa shape index (κ1) is 30.6. The van der Waals surface area contributed by atoms with E-state index in [1.165, 1.54) is 71.4 Å². The van der Waals surface area contributed by atoms with Gasteiger partial charge in [-0.05, 0) is 0 Å². The molecule has 0 N–H and O–H groups in total. The van der Waals surface area contributed by atoms with E-state index in [4.69, 9.17) is 9.47 Å². The molecule has 14 aliphatic rings. The second kappa shape index (κ2) is 5.87. The molecule has 10 saturated heterocycles. The van der Waals surface area contributed by atoms with Crippen LogP contribution < -0.4 is 25.4 Å². The SMILES string of the molecule is COc1c(C)cc(P(c2cc(C)c(OC)c(C)c2)c2ccccc2[C]23[CH]4[CH]5[CH]6[C]2(C(C)P(C2CC7CCC2C7)C2CC7CCC2C7)[Fe]54632789[CH]3[CH]2[CH]7[CH]8[CH]39)cc1C. The van der Waals surface area contributed by atoms with Gasteiger partial charge in [-0.1, -0.05) is 0 Å². The summed E-state index contributed by atoms with van der Waals surface area (Å²) >= 11 is 0. The van der Waals surface area contributed by atoms with Crippen LogP contribution in [0.1, 0.15) is 86.1 Å². The van der Waals surface area contributed by atoms with Gasteiger partial charge in [0.05, 0.1) is 0 Å². The molecule has 0 radical (unpaired) electrons. The Morgan fingerprint density at radius 2 is 1.13 bits per heavy atom. The summed E-state index contributed by atoms with van der Waals surface area (Å²) in [5.41, 5.74) is 10.5. The van der Waals surface area contributed by atoms with E-state index in [1.54, 1.807) is 56.7 Å². The first-order valence-corrected chi connectivity index (χ1v) is 31.7. The van der Waals surface area contributed by atoms with Crippen LogP contribution in [-0.4, -0.2) is 31.2 Å². The fourth-order valence-electron chi connectivity index (χ4n) is 29.1. The molecule has 0 aromatic heterocycles. The maximum atomic E-state index is 6.00. The van der Waals surface area contributed by atoms with Crippen molar-refractivity contribution < 1.29 is 16.0 Å². The van der Waals surface area contributed by atoms with Crippen molar-refractivity contribution in [1.82, 2.24) is 0 Å². The summed E-state index contributed by atoms with van der Waals surface area (Å²) in [6, 6.07) is 20.7. The Balaban J connectivity index is 0.909. The summed E-state index contributed by atoms with van der Waals surface area (Å²) in [6.07, 6.45) is 12.9. The Hall–Kier alpha value is -1.36. The van der Waals surface area contributed by atoms with Crippen LogP contribution in [0.25, 0.3) is 0 Å². The van der Waals surface area contributed by atoms with Crippen LogP contribution in [0.15, 0.2) is 48.5 Å². The molecule has 4 aliphatic carbocycles. The number of benzene rings is 3. The average Bonchev–Trinajstić information content (AvgIpc) is 3.89. The van der Waals surface area contributed by atoms with Gasteiger partial charge < -0.3 is 0 Å². The third-order valence-corrected chi connectivity index (χ3v) is 77.5. The molecule has 3 aromatic carbocycles. The van der Waals surface area contributed by atoms with Gasteiger partial charge in [0.15, 0.2) is 0 Å². The van der Waals surface area contributed by atoms with Gasteiger partial charge in [-0.2, -0.15) is 0 Å². The van der Waals surface area contributed by atoms with E-state index in [0.29, 0.717) is 4.31 Å². The van der Waals surface area contributed by atoms with E-state index in [0.717, 1.165) is 56.5 Å². The quantitative estimate of drug-likeness (QED) is 0.150. The first-order valence-electron chi connectivity index (χ1n) is 22.6. The standard InChI is InChI=1S/C45H55O2P2.C5H5.Fe/c1-27-19-36(20-28(2)44(27)46-6)49(37-21-29(3)45(47-7)30(4)22-37)41-14-9-8-11-40(41)39-13-10-12-38(39)31(5)48(42-25-32-15-17-34(42)23-32)43-26-33-16-18-35(43)24-33;1-2-4-5-3-1;/h8-14,19-22,31-35,42-43H,15-18,23-26H2,1-7H3;1-5H;. The molecule has 14 fully saturated rings. The van der Waals surface area contributed by atoms with E-state index < -0.39 is 14.4 Å². The summed E-state index contributed by atoms with van der Waals surface area (Å²) in [5, 5.41) is 4.83. The molecule has 4 bridgehead atoms. The first-order chi connectivity index (χ1) is 26.4. The predicted molar refractivity (Wildman–Crippen MR) is 226 cm³/mol. The van der Waals surface area contributed by atoms with Gasteiger partial charge in [-0.15, -0.1) is 0 Å². The number of ether oxygens (including phenoxy) is 2. The third kappa shape index (κ3) is 1.15. The second-order valence-corrected chi connectivity index (χ2v) is 52.9. The molecule has 55 heavy (non-hydrogen) atoms. The normalized spacial score (nSPS) is 60.1. The molecule has 3 aromatic rings. The zero-order valence-corrected chi connectivity index (χ0v) is 36.9.